The minimum absolute atomic E-state index is 0.00708. The molecule has 1 atom stereocenters. The van der Waals surface area contributed by atoms with E-state index in [1.165, 1.54) is 0 Å². The molecule has 0 aromatic carbocycles. The van der Waals surface area contributed by atoms with Crippen LogP contribution in [0.15, 0.2) is 12.1 Å². The van der Waals surface area contributed by atoms with E-state index in [2.05, 4.69) is 10.4 Å². The molecule has 0 spiro atoms. The zero-order valence-electron chi connectivity index (χ0n) is 12.7. The minimum Gasteiger partial charge on any atom is -0.393 e. The van der Waals surface area contributed by atoms with Crippen molar-refractivity contribution in [3.8, 4) is 0 Å². The van der Waals surface area contributed by atoms with Gasteiger partial charge in [0.05, 0.1) is 6.10 Å². The van der Waals surface area contributed by atoms with Gasteiger partial charge in [-0.3, -0.25) is 4.79 Å². The number of rotatable bonds is 4. The summed E-state index contributed by atoms with van der Waals surface area (Å²) in [5, 5.41) is 9.62. The third kappa shape index (κ3) is 3.71. The molecule has 6 nitrogen and oxygen atoms in total. The number of carbonyl (C=O) groups excluding carboxylic acids is 1. The lowest BCUT2D eigenvalue weighted by Gasteiger charge is -2.33. The number of pyridine rings is 1. The van der Waals surface area contributed by atoms with Crippen LogP contribution in [0.2, 0.25) is 0 Å². The lowest BCUT2D eigenvalue weighted by Crippen LogP contribution is -2.40. The molecule has 1 amide bonds. The first kappa shape index (κ1) is 15.7. The molecule has 2 heterocycles. The van der Waals surface area contributed by atoms with Crippen LogP contribution in [0.5, 0.6) is 0 Å². The summed E-state index contributed by atoms with van der Waals surface area (Å²) in [6, 6.07) is 3.51. The van der Waals surface area contributed by atoms with Gasteiger partial charge in [-0.25, -0.2) is 10.8 Å². The second kappa shape index (κ2) is 6.87. The highest BCUT2D eigenvalue weighted by Crippen LogP contribution is 2.22. The summed E-state index contributed by atoms with van der Waals surface area (Å²) >= 11 is 0. The van der Waals surface area contributed by atoms with Crippen LogP contribution in [0.1, 0.15) is 42.7 Å². The second-order valence-corrected chi connectivity index (χ2v) is 5.60. The number of aliphatic hydroxyl groups excluding tert-OH is 1. The van der Waals surface area contributed by atoms with Gasteiger partial charge in [0, 0.05) is 24.3 Å². The Morgan fingerprint density at radius 3 is 2.71 bits per heavy atom. The molecule has 0 bridgehead atoms. The molecule has 116 valence electrons. The van der Waals surface area contributed by atoms with Crippen LogP contribution in [0, 0.1) is 5.92 Å². The normalized spacial score (nSPS) is 17.6. The van der Waals surface area contributed by atoms with E-state index in [-0.39, 0.29) is 12.0 Å². The molecule has 1 unspecified atom stereocenters. The molecule has 1 fully saturated rings. The van der Waals surface area contributed by atoms with Crippen molar-refractivity contribution < 1.29 is 9.90 Å². The van der Waals surface area contributed by atoms with Crippen LogP contribution in [-0.2, 0) is 6.42 Å². The predicted octanol–water partition coefficient (Wildman–Crippen LogP) is 1.16. The number of hydrogen-bond acceptors (Lipinski definition) is 5. The number of nitrogens with zero attached hydrogens (tertiary/aromatic N) is 2. The number of aryl methyl sites for hydroxylation is 1. The summed E-state index contributed by atoms with van der Waals surface area (Å²) in [5.41, 5.74) is 3.96. The molecule has 1 aliphatic rings. The van der Waals surface area contributed by atoms with Crippen LogP contribution >= 0.6 is 0 Å². The molecule has 4 N–H and O–H groups in total. The van der Waals surface area contributed by atoms with E-state index in [1.807, 2.05) is 24.8 Å². The Kier molecular flexibility index (Phi) is 5.14. The van der Waals surface area contributed by atoms with Gasteiger partial charge in [0.1, 0.15) is 5.82 Å². The molecular weight excluding hydrogens is 268 g/mol. The van der Waals surface area contributed by atoms with Crippen molar-refractivity contribution in [2.75, 3.05) is 18.5 Å². The van der Waals surface area contributed by atoms with Gasteiger partial charge in [0.2, 0.25) is 0 Å². The first-order chi connectivity index (χ1) is 10.0. The fraction of sp³-hybridized carbons (Fsp3) is 0.600. The van der Waals surface area contributed by atoms with Gasteiger partial charge >= 0.3 is 0 Å². The van der Waals surface area contributed by atoms with E-state index in [9.17, 15) is 9.90 Å². The average Bonchev–Trinajstić information content (AvgIpc) is 2.53. The Hall–Kier alpha value is -1.66. The van der Waals surface area contributed by atoms with Crippen LogP contribution in [0.4, 0.5) is 5.82 Å². The minimum atomic E-state index is -0.303. The Morgan fingerprint density at radius 2 is 2.19 bits per heavy atom. The number of nitrogens with two attached hydrogens (primary N) is 1. The lowest BCUT2D eigenvalue weighted by atomic mass is 9.92. The smallest absolute Gasteiger partial charge is 0.254 e. The number of hydrogen-bond donors (Lipinski definition) is 3. The zero-order chi connectivity index (χ0) is 15.4. The van der Waals surface area contributed by atoms with E-state index < -0.39 is 0 Å². The monoisotopic (exact) mass is 292 g/mol. The summed E-state index contributed by atoms with van der Waals surface area (Å²) in [5.74, 6) is 6.22. The van der Waals surface area contributed by atoms with Gasteiger partial charge in [0.25, 0.3) is 5.91 Å². The van der Waals surface area contributed by atoms with Gasteiger partial charge in [0.15, 0.2) is 0 Å². The topological polar surface area (TPSA) is 91.5 Å². The maximum Gasteiger partial charge on any atom is 0.254 e. The number of aliphatic hydroxyl groups is 1. The van der Waals surface area contributed by atoms with Crippen LogP contribution in [-0.4, -0.2) is 40.1 Å². The molecule has 1 aromatic rings. The van der Waals surface area contributed by atoms with Crippen molar-refractivity contribution in [3.05, 3.63) is 23.4 Å². The number of nitrogens with one attached hydrogen (secondary N) is 1. The van der Waals surface area contributed by atoms with E-state index >= 15 is 0 Å². The highest BCUT2D eigenvalue weighted by molar-refractivity contribution is 5.95. The van der Waals surface area contributed by atoms with Crippen molar-refractivity contribution in [3.63, 3.8) is 0 Å². The molecule has 0 saturated carbocycles. The predicted molar refractivity (Wildman–Crippen MR) is 81.7 cm³/mol. The van der Waals surface area contributed by atoms with Gasteiger partial charge in [-0.1, -0.05) is 6.92 Å². The van der Waals surface area contributed by atoms with Crippen molar-refractivity contribution >= 4 is 11.7 Å². The van der Waals surface area contributed by atoms with Gasteiger partial charge < -0.3 is 15.4 Å². The van der Waals surface area contributed by atoms with Crippen molar-refractivity contribution in [2.24, 2.45) is 11.8 Å². The number of amides is 1. The van der Waals surface area contributed by atoms with Crippen LogP contribution < -0.4 is 11.3 Å². The van der Waals surface area contributed by atoms with Crippen molar-refractivity contribution in [1.29, 1.82) is 0 Å². The molecular formula is C15H24N4O2. The number of nitrogen functional groups attached to an aromatic ring is 1. The number of carbonyl (C=O) groups is 1. The number of aromatic nitrogens is 1. The van der Waals surface area contributed by atoms with Gasteiger partial charge in [-0.2, -0.15) is 0 Å². The van der Waals surface area contributed by atoms with Gasteiger partial charge in [-0.15, -0.1) is 0 Å². The second-order valence-electron chi connectivity index (χ2n) is 5.60. The standard InChI is InChI=1S/C15H24N4O2/c1-3-13-8-12(9-14(17-13)18-16)15(21)19-6-4-11(5-7-19)10(2)20/h8-11,20H,3-7,16H2,1-2H3,(H,17,18). The highest BCUT2D eigenvalue weighted by atomic mass is 16.3. The Morgan fingerprint density at radius 1 is 1.52 bits per heavy atom. The average molecular weight is 292 g/mol. The highest BCUT2D eigenvalue weighted by Gasteiger charge is 2.26. The molecule has 0 aliphatic carbocycles. The molecule has 2 rings (SSSR count). The third-order valence-electron chi connectivity index (χ3n) is 4.14. The fourth-order valence-electron chi connectivity index (χ4n) is 2.73. The summed E-state index contributed by atoms with van der Waals surface area (Å²) in [6.45, 7) is 5.18. The number of hydrazine groups is 1. The van der Waals surface area contributed by atoms with Crippen LogP contribution in [0.25, 0.3) is 0 Å². The Bertz CT molecular complexity index is 474. The quantitative estimate of drug-likeness (QED) is 0.572. The molecule has 1 aromatic heterocycles. The maximum absolute atomic E-state index is 12.6. The summed E-state index contributed by atoms with van der Waals surface area (Å²) < 4.78 is 0. The van der Waals surface area contributed by atoms with E-state index in [0.717, 1.165) is 25.0 Å². The first-order valence-corrected chi connectivity index (χ1v) is 7.50. The summed E-state index contributed by atoms with van der Waals surface area (Å²) in [4.78, 5) is 18.7. The van der Waals surface area contributed by atoms with E-state index in [1.54, 1.807) is 6.07 Å². The molecule has 6 heteroatoms. The van der Waals surface area contributed by atoms with Crippen molar-refractivity contribution in [2.45, 2.75) is 39.2 Å². The number of anilines is 1. The molecule has 21 heavy (non-hydrogen) atoms. The SMILES string of the molecule is CCc1cc(C(=O)N2CCC(C(C)O)CC2)cc(NN)n1. The largest absolute Gasteiger partial charge is 0.393 e. The maximum atomic E-state index is 12.6. The summed E-state index contributed by atoms with van der Waals surface area (Å²) in [7, 11) is 0. The molecule has 1 saturated heterocycles. The fourth-order valence-corrected chi connectivity index (χ4v) is 2.73. The molecule has 0 radical (unpaired) electrons. The first-order valence-electron chi connectivity index (χ1n) is 7.50. The zero-order valence-corrected chi connectivity index (χ0v) is 12.7. The van der Waals surface area contributed by atoms with E-state index in [0.29, 0.717) is 30.4 Å². The third-order valence-corrected chi connectivity index (χ3v) is 4.14. The summed E-state index contributed by atoms with van der Waals surface area (Å²) in [6.07, 6.45) is 2.14. The van der Waals surface area contributed by atoms with Crippen LogP contribution in [0.3, 0.4) is 0 Å². The van der Waals surface area contributed by atoms with E-state index in [4.69, 9.17) is 5.84 Å². The number of likely N-dealkylation sites (tertiary alicyclic amines) is 1. The Labute approximate surface area is 125 Å². The Balaban J connectivity index is 2.10. The molecule has 1 aliphatic heterocycles. The lowest BCUT2D eigenvalue weighted by molar-refractivity contribution is 0.0521. The van der Waals surface area contributed by atoms with Gasteiger partial charge in [-0.05, 0) is 44.2 Å². The number of piperidine rings is 1. The van der Waals surface area contributed by atoms with Crippen molar-refractivity contribution in [1.82, 2.24) is 9.88 Å².